The summed E-state index contributed by atoms with van der Waals surface area (Å²) >= 11 is 0. The first kappa shape index (κ1) is 14.3. The van der Waals surface area contributed by atoms with Crippen LogP contribution in [-0.4, -0.2) is 61.4 Å². The molecule has 1 saturated carbocycles. The van der Waals surface area contributed by atoms with E-state index in [1.54, 1.807) is 25.4 Å². The van der Waals surface area contributed by atoms with Crippen molar-refractivity contribution in [3.63, 3.8) is 0 Å². The van der Waals surface area contributed by atoms with Crippen molar-refractivity contribution in [2.75, 3.05) is 27.4 Å². The number of hydrogen-bond acceptors (Lipinski definition) is 5. The zero-order valence-electron chi connectivity index (χ0n) is 12.3. The Hall–Kier alpha value is -1.66. The average molecular weight is 292 g/mol. The Morgan fingerprint density at radius 1 is 1.43 bits per heavy atom. The third-order valence-corrected chi connectivity index (χ3v) is 4.29. The predicted octanol–water partition coefficient (Wildman–Crippen LogP) is 1.11. The van der Waals surface area contributed by atoms with Crippen molar-refractivity contribution in [1.29, 1.82) is 0 Å². The highest BCUT2D eigenvalue weighted by Gasteiger charge is 2.45. The van der Waals surface area contributed by atoms with Gasteiger partial charge >= 0.3 is 0 Å². The molecule has 2 heterocycles. The minimum Gasteiger partial charge on any atom is -0.480 e. The first-order valence-electron chi connectivity index (χ1n) is 7.20. The average Bonchev–Trinajstić information content (AvgIpc) is 2.97. The Morgan fingerprint density at radius 3 is 3.05 bits per heavy atom. The van der Waals surface area contributed by atoms with Crippen molar-refractivity contribution >= 4 is 5.91 Å². The number of carbonyl (C=O) groups is 1. The van der Waals surface area contributed by atoms with Crippen LogP contribution in [0.1, 0.15) is 23.2 Å². The van der Waals surface area contributed by atoms with Gasteiger partial charge < -0.3 is 19.1 Å². The van der Waals surface area contributed by atoms with Gasteiger partial charge in [-0.1, -0.05) is 0 Å². The fourth-order valence-electron chi connectivity index (χ4n) is 3.29. The number of fused-ring (bicyclic) bond motifs is 1. The van der Waals surface area contributed by atoms with Gasteiger partial charge in [0, 0.05) is 19.9 Å². The van der Waals surface area contributed by atoms with Crippen LogP contribution in [0.5, 0.6) is 5.88 Å². The number of methoxy groups -OCH3 is 2. The van der Waals surface area contributed by atoms with Gasteiger partial charge in [0.05, 0.1) is 25.9 Å². The van der Waals surface area contributed by atoms with Crippen LogP contribution in [0, 0.1) is 0 Å². The maximum Gasteiger partial charge on any atom is 0.259 e. The highest BCUT2D eigenvalue weighted by Crippen LogP contribution is 2.33. The van der Waals surface area contributed by atoms with Gasteiger partial charge in [0.25, 0.3) is 5.91 Å². The molecule has 0 N–H and O–H groups in total. The zero-order chi connectivity index (χ0) is 14.8. The quantitative estimate of drug-likeness (QED) is 0.835. The smallest absolute Gasteiger partial charge is 0.259 e. The summed E-state index contributed by atoms with van der Waals surface area (Å²) < 4.78 is 16.5. The Balaban J connectivity index is 1.84. The van der Waals surface area contributed by atoms with E-state index >= 15 is 0 Å². The molecule has 0 bridgehead atoms. The maximum absolute atomic E-state index is 12.8. The van der Waals surface area contributed by atoms with E-state index in [0.717, 1.165) is 12.8 Å². The number of aromatic nitrogens is 1. The Morgan fingerprint density at radius 2 is 2.29 bits per heavy atom. The Bertz CT molecular complexity index is 522. The largest absolute Gasteiger partial charge is 0.480 e. The molecule has 1 aliphatic heterocycles. The van der Waals surface area contributed by atoms with Gasteiger partial charge in [0.2, 0.25) is 5.88 Å². The topological polar surface area (TPSA) is 60.9 Å². The van der Waals surface area contributed by atoms with Gasteiger partial charge in [-0.05, 0) is 25.0 Å². The third-order valence-electron chi connectivity index (χ3n) is 4.29. The highest BCUT2D eigenvalue weighted by molar-refractivity contribution is 5.96. The van der Waals surface area contributed by atoms with Crippen molar-refractivity contribution in [3.05, 3.63) is 23.9 Å². The van der Waals surface area contributed by atoms with Gasteiger partial charge in [-0.25, -0.2) is 4.98 Å². The molecule has 6 nitrogen and oxygen atoms in total. The van der Waals surface area contributed by atoms with Crippen LogP contribution in [-0.2, 0) is 9.47 Å². The van der Waals surface area contributed by atoms with E-state index in [4.69, 9.17) is 14.2 Å². The van der Waals surface area contributed by atoms with Crippen molar-refractivity contribution < 1.29 is 19.0 Å². The lowest BCUT2D eigenvalue weighted by Crippen LogP contribution is -2.53. The molecule has 1 aromatic heterocycles. The first-order chi connectivity index (χ1) is 10.3. The van der Waals surface area contributed by atoms with Crippen LogP contribution in [0.25, 0.3) is 0 Å². The third kappa shape index (κ3) is 2.49. The summed E-state index contributed by atoms with van der Waals surface area (Å²) in [7, 11) is 3.22. The number of rotatable bonds is 3. The van der Waals surface area contributed by atoms with Crippen molar-refractivity contribution in [2.24, 2.45) is 0 Å². The number of morpholine rings is 1. The van der Waals surface area contributed by atoms with Crippen molar-refractivity contribution in [3.8, 4) is 5.88 Å². The standard InChI is InChI=1S/C15H20N2O4/c1-19-12-6-5-11-13(12)21-9-8-17(11)15(18)10-4-3-7-16-14(10)20-2/h3-4,7,11-13H,5-6,8-9H2,1-2H3/t11-,12-,13+/m0/s1. The number of pyridine rings is 1. The van der Waals surface area contributed by atoms with E-state index in [1.165, 1.54) is 7.11 Å². The molecule has 114 valence electrons. The monoisotopic (exact) mass is 292 g/mol. The second-order valence-electron chi connectivity index (χ2n) is 5.31. The van der Waals surface area contributed by atoms with Crippen molar-refractivity contribution in [1.82, 2.24) is 9.88 Å². The normalized spacial score (nSPS) is 28.3. The van der Waals surface area contributed by atoms with E-state index in [-0.39, 0.29) is 24.2 Å². The minimum absolute atomic E-state index is 0.0321. The zero-order valence-corrected chi connectivity index (χ0v) is 12.3. The van der Waals surface area contributed by atoms with Crippen LogP contribution in [0.15, 0.2) is 18.3 Å². The molecular formula is C15H20N2O4. The molecular weight excluding hydrogens is 272 g/mol. The summed E-state index contributed by atoms with van der Waals surface area (Å²) in [5.74, 6) is 0.321. The molecule has 6 heteroatoms. The number of hydrogen-bond donors (Lipinski definition) is 0. The molecule has 2 fully saturated rings. The summed E-state index contributed by atoms with van der Waals surface area (Å²) in [6.07, 6.45) is 3.47. The lowest BCUT2D eigenvalue weighted by Gasteiger charge is -2.39. The fourth-order valence-corrected chi connectivity index (χ4v) is 3.29. The second-order valence-corrected chi connectivity index (χ2v) is 5.31. The van der Waals surface area contributed by atoms with Gasteiger partial charge in [0.1, 0.15) is 11.7 Å². The molecule has 1 aromatic rings. The van der Waals surface area contributed by atoms with E-state index in [0.29, 0.717) is 24.6 Å². The van der Waals surface area contributed by atoms with Crippen molar-refractivity contribution in [2.45, 2.75) is 31.1 Å². The first-order valence-corrected chi connectivity index (χ1v) is 7.20. The highest BCUT2D eigenvalue weighted by atomic mass is 16.5. The SMILES string of the molecule is COc1ncccc1C(=O)N1CCO[C@H]2[C@@H](OC)CC[C@@H]21. The summed E-state index contributed by atoms with van der Waals surface area (Å²) in [5.41, 5.74) is 0.501. The van der Waals surface area contributed by atoms with Crippen LogP contribution < -0.4 is 4.74 Å². The van der Waals surface area contributed by atoms with Crippen LogP contribution in [0.3, 0.4) is 0 Å². The van der Waals surface area contributed by atoms with Crippen LogP contribution in [0.4, 0.5) is 0 Å². The maximum atomic E-state index is 12.8. The molecule has 21 heavy (non-hydrogen) atoms. The number of ether oxygens (including phenoxy) is 3. The van der Waals surface area contributed by atoms with Gasteiger partial charge in [-0.3, -0.25) is 4.79 Å². The fraction of sp³-hybridized carbons (Fsp3) is 0.600. The van der Waals surface area contributed by atoms with Gasteiger partial charge in [-0.15, -0.1) is 0 Å². The van der Waals surface area contributed by atoms with E-state index in [9.17, 15) is 4.79 Å². The lowest BCUT2D eigenvalue weighted by atomic mass is 10.1. The molecule has 3 rings (SSSR count). The van der Waals surface area contributed by atoms with Crippen LogP contribution in [0.2, 0.25) is 0 Å². The van der Waals surface area contributed by atoms with Gasteiger partial charge in [0.15, 0.2) is 0 Å². The second kappa shape index (κ2) is 5.99. The van der Waals surface area contributed by atoms with Crippen LogP contribution >= 0.6 is 0 Å². The number of nitrogens with zero attached hydrogens (tertiary/aromatic N) is 2. The number of carbonyl (C=O) groups excluding carboxylic acids is 1. The molecule has 1 saturated heterocycles. The van der Waals surface area contributed by atoms with E-state index < -0.39 is 0 Å². The number of amides is 1. The molecule has 0 radical (unpaired) electrons. The Kier molecular flexibility index (Phi) is 4.07. The Labute approximate surface area is 124 Å². The lowest BCUT2D eigenvalue weighted by molar-refractivity contribution is -0.0947. The molecule has 1 amide bonds. The summed E-state index contributed by atoms with van der Waals surface area (Å²) in [6.45, 7) is 1.13. The van der Waals surface area contributed by atoms with E-state index in [1.807, 2.05) is 4.90 Å². The minimum atomic E-state index is -0.0463. The molecule has 1 aliphatic carbocycles. The molecule has 0 unspecified atom stereocenters. The molecule has 2 aliphatic rings. The van der Waals surface area contributed by atoms with E-state index in [2.05, 4.69) is 4.98 Å². The summed E-state index contributed by atoms with van der Waals surface area (Å²) in [4.78, 5) is 18.8. The summed E-state index contributed by atoms with van der Waals surface area (Å²) in [6, 6.07) is 3.57. The van der Waals surface area contributed by atoms with Gasteiger partial charge in [-0.2, -0.15) is 0 Å². The molecule has 0 spiro atoms. The molecule has 3 atom stereocenters. The predicted molar refractivity (Wildman–Crippen MR) is 75.4 cm³/mol. The summed E-state index contributed by atoms with van der Waals surface area (Å²) in [5, 5.41) is 0. The molecule has 0 aromatic carbocycles.